The second-order valence-electron chi connectivity index (χ2n) is 6.73. The number of carbonyl (C=O) groups excluding carboxylic acids is 1. The number of nitrogens with zero attached hydrogens (tertiary/aromatic N) is 1. The van der Waals surface area contributed by atoms with Gasteiger partial charge >= 0.3 is 0 Å². The molecule has 0 aromatic heterocycles. The highest BCUT2D eigenvalue weighted by molar-refractivity contribution is 7.89. The van der Waals surface area contributed by atoms with E-state index in [1.54, 1.807) is 4.90 Å². The van der Waals surface area contributed by atoms with Gasteiger partial charge in [-0.05, 0) is 57.0 Å². The van der Waals surface area contributed by atoms with E-state index < -0.39 is 15.8 Å². The summed E-state index contributed by atoms with van der Waals surface area (Å²) in [6.07, 6.45) is 3.08. The maximum Gasteiger partial charge on any atom is 0.240 e. The Labute approximate surface area is 160 Å². The number of benzene rings is 1. The molecule has 2 heterocycles. The van der Waals surface area contributed by atoms with Crippen LogP contribution in [0.2, 0.25) is 0 Å². The van der Waals surface area contributed by atoms with Crippen molar-refractivity contribution in [2.45, 2.75) is 36.6 Å². The molecule has 6 nitrogen and oxygen atoms in total. The maximum atomic E-state index is 13.3. The van der Waals surface area contributed by atoms with Gasteiger partial charge in [0.15, 0.2) is 0 Å². The fourth-order valence-corrected chi connectivity index (χ4v) is 4.81. The van der Waals surface area contributed by atoms with Crippen molar-refractivity contribution < 1.29 is 17.6 Å². The Morgan fingerprint density at radius 3 is 2.65 bits per heavy atom. The zero-order valence-electron chi connectivity index (χ0n) is 14.5. The third-order valence-electron chi connectivity index (χ3n) is 4.85. The van der Waals surface area contributed by atoms with Gasteiger partial charge in [0, 0.05) is 25.0 Å². The van der Waals surface area contributed by atoms with E-state index in [-0.39, 0.29) is 35.2 Å². The van der Waals surface area contributed by atoms with E-state index >= 15 is 0 Å². The Morgan fingerprint density at radius 2 is 1.96 bits per heavy atom. The highest BCUT2D eigenvalue weighted by Gasteiger charge is 2.31. The van der Waals surface area contributed by atoms with Gasteiger partial charge in [-0.2, -0.15) is 0 Å². The van der Waals surface area contributed by atoms with Gasteiger partial charge in [-0.1, -0.05) is 6.07 Å². The topological polar surface area (TPSA) is 78.5 Å². The zero-order chi connectivity index (χ0) is 17.9. The summed E-state index contributed by atoms with van der Waals surface area (Å²) in [6, 6.07) is 4.61. The highest BCUT2D eigenvalue weighted by Crippen LogP contribution is 2.20. The minimum Gasteiger partial charge on any atom is -0.341 e. The monoisotopic (exact) mass is 405 g/mol. The molecular weight excluding hydrogens is 381 g/mol. The second-order valence-corrected chi connectivity index (χ2v) is 8.44. The van der Waals surface area contributed by atoms with E-state index in [0.29, 0.717) is 19.5 Å². The first-order valence-electron chi connectivity index (χ1n) is 8.73. The fourth-order valence-electron chi connectivity index (χ4n) is 3.52. The Morgan fingerprint density at radius 1 is 1.23 bits per heavy atom. The molecule has 1 aromatic rings. The third kappa shape index (κ3) is 5.16. The maximum absolute atomic E-state index is 13.3. The fraction of sp³-hybridized carbons (Fsp3) is 0.588. The average Bonchev–Trinajstić information content (AvgIpc) is 2.62. The molecule has 9 heteroatoms. The molecular formula is C17H25ClFN3O3S. The van der Waals surface area contributed by atoms with Crippen LogP contribution in [-0.4, -0.2) is 51.4 Å². The van der Waals surface area contributed by atoms with Crippen LogP contribution in [0.15, 0.2) is 29.2 Å². The molecule has 1 amide bonds. The predicted octanol–water partition coefficient (Wildman–Crippen LogP) is 1.52. The van der Waals surface area contributed by atoms with E-state index in [4.69, 9.17) is 0 Å². The minimum absolute atomic E-state index is 0. The lowest BCUT2D eigenvalue weighted by atomic mass is 9.95. The van der Waals surface area contributed by atoms with Gasteiger partial charge in [0.25, 0.3) is 0 Å². The van der Waals surface area contributed by atoms with E-state index in [0.717, 1.165) is 38.4 Å². The molecule has 0 radical (unpaired) electrons. The molecule has 26 heavy (non-hydrogen) atoms. The first-order chi connectivity index (χ1) is 12.0. The van der Waals surface area contributed by atoms with Gasteiger partial charge in [0.2, 0.25) is 15.9 Å². The molecule has 2 saturated heterocycles. The van der Waals surface area contributed by atoms with Crippen molar-refractivity contribution in [1.29, 1.82) is 0 Å². The number of carbonyl (C=O) groups is 1. The zero-order valence-corrected chi connectivity index (χ0v) is 16.1. The smallest absolute Gasteiger partial charge is 0.240 e. The summed E-state index contributed by atoms with van der Waals surface area (Å²) < 4.78 is 40.8. The summed E-state index contributed by atoms with van der Waals surface area (Å²) in [4.78, 5) is 14.3. The summed E-state index contributed by atoms with van der Waals surface area (Å²) in [5.74, 6) is -0.440. The van der Waals surface area contributed by atoms with Gasteiger partial charge in [-0.25, -0.2) is 17.5 Å². The molecule has 3 rings (SSSR count). The SMILES string of the molecule is Cl.O=C(C1CCNCC1)N1CCCC(NS(=O)(=O)c2cccc(F)c2)C1. The van der Waals surface area contributed by atoms with Crippen LogP contribution in [0.1, 0.15) is 25.7 Å². The summed E-state index contributed by atoms with van der Waals surface area (Å²) in [5, 5.41) is 3.24. The molecule has 0 aliphatic carbocycles. The van der Waals surface area contributed by atoms with Crippen LogP contribution in [0.4, 0.5) is 4.39 Å². The van der Waals surface area contributed by atoms with Gasteiger partial charge in [-0.15, -0.1) is 12.4 Å². The first kappa shape index (κ1) is 21.1. The van der Waals surface area contributed by atoms with Gasteiger partial charge in [0.05, 0.1) is 4.90 Å². The minimum atomic E-state index is -3.79. The van der Waals surface area contributed by atoms with Gasteiger partial charge < -0.3 is 10.2 Å². The molecule has 0 bridgehead atoms. The molecule has 0 saturated carbocycles. The van der Waals surface area contributed by atoms with Gasteiger partial charge in [-0.3, -0.25) is 4.79 Å². The van der Waals surface area contributed by atoms with Crippen molar-refractivity contribution in [2.75, 3.05) is 26.2 Å². The molecule has 1 atom stereocenters. The number of hydrogen-bond donors (Lipinski definition) is 2. The standard InChI is InChI=1S/C17H24FN3O3S.ClH/c18-14-3-1-5-16(11-14)25(23,24)20-15-4-2-10-21(12-15)17(22)13-6-8-19-9-7-13;/h1,3,5,11,13,15,19-20H,2,4,6-10,12H2;1H. The summed E-state index contributed by atoms with van der Waals surface area (Å²) in [6.45, 7) is 2.73. The molecule has 1 unspecified atom stereocenters. The third-order valence-corrected chi connectivity index (χ3v) is 6.37. The van der Waals surface area contributed by atoms with Crippen LogP contribution in [0.5, 0.6) is 0 Å². The number of halogens is 2. The number of rotatable bonds is 4. The number of piperidine rings is 2. The summed E-state index contributed by atoms with van der Waals surface area (Å²) in [7, 11) is -3.79. The Balaban J connectivity index is 0.00000243. The lowest BCUT2D eigenvalue weighted by Crippen LogP contribution is -2.51. The normalized spacial score (nSPS) is 21.9. The van der Waals surface area contributed by atoms with Crippen LogP contribution < -0.4 is 10.0 Å². The van der Waals surface area contributed by atoms with Gasteiger partial charge in [0.1, 0.15) is 5.82 Å². The highest BCUT2D eigenvalue weighted by atomic mass is 35.5. The van der Waals surface area contributed by atoms with Crippen molar-refractivity contribution in [3.05, 3.63) is 30.1 Å². The Hall–Kier alpha value is -1.22. The number of hydrogen-bond acceptors (Lipinski definition) is 4. The largest absolute Gasteiger partial charge is 0.341 e. The predicted molar refractivity (Wildman–Crippen MR) is 99.2 cm³/mol. The van der Waals surface area contributed by atoms with Crippen molar-refractivity contribution in [3.63, 3.8) is 0 Å². The van der Waals surface area contributed by atoms with Crippen LogP contribution >= 0.6 is 12.4 Å². The quantitative estimate of drug-likeness (QED) is 0.796. The van der Waals surface area contributed by atoms with Crippen LogP contribution in [0.3, 0.4) is 0 Å². The first-order valence-corrected chi connectivity index (χ1v) is 10.2. The van der Waals surface area contributed by atoms with Crippen LogP contribution in [0, 0.1) is 11.7 Å². The lowest BCUT2D eigenvalue weighted by Gasteiger charge is -2.36. The van der Waals surface area contributed by atoms with E-state index in [2.05, 4.69) is 10.0 Å². The molecule has 2 aliphatic rings. The molecule has 2 N–H and O–H groups in total. The van der Waals surface area contributed by atoms with Crippen molar-refractivity contribution in [1.82, 2.24) is 14.9 Å². The van der Waals surface area contributed by atoms with E-state index in [9.17, 15) is 17.6 Å². The lowest BCUT2D eigenvalue weighted by molar-refractivity contribution is -0.137. The number of nitrogens with one attached hydrogen (secondary N) is 2. The van der Waals surface area contributed by atoms with Crippen LogP contribution in [-0.2, 0) is 14.8 Å². The van der Waals surface area contributed by atoms with Crippen LogP contribution in [0.25, 0.3) is 0 Å². The summed E-state index contributed by atoms with van der Waals surface area (Å²) >= 11 is 0. The molecule has 2 aliphatic heterocycles. The molecule has 146 valence electrons. The van der Waals surface area contributed by atoms with Crippen molar-refractivity contribution >= 4 is 28.3 Å². The Kier molecular flexibility index (Phi) is 7.40. The number of likely N-dealkylation sites (tertiary alicyclic amines) is 1. The number of amides is 1. The van der Waals surface area contributed by atoms with E-state index in [1.807, 2.05) is 0 Å². The molecule has 1 aromatic carbocycles. The second kappa shape index (κ2) is 9.12. The number of sulfonamides is 1. The van der Waals surface area contributed by atoms with Crippen molar-refractivity contribution in [3.8, 4) is 0 Å². The van der Waals surface area contributed by atoms with E-state index in [1.165, 1.54) is 18.2 Å². The average molecular weight is 406 g/mol. The summed E-state index contributed by atoms with van der Waals surface area (Å²) in [5.41, 5.74) is 0. The van der Waals surface area contributed by atoms with Crippen molar-refractivity contribution in [2.24, 2.45) is 5.92 Å². The Bertz CT molecular complexity index is 726. The molecule has 0 spiro atoms. The molecule has 2 fully saturated rings.